The molecule has 0 aromatic carbocycles. The molecule has 0 N–H and O–H groups in total. The maximum atomic E-state index is 4.95. The van der Waals surface area contributed by atoms with E-state index in [2.05, 4.69) is 0 Å². The van der Waals surface area contributed by atoms with Gasteiger partial charge in [-0.05, 0) is 12.0 Å². The average molecular weight is 120 g/mol. The largest absolute Gasteiger partial charge is 0.371 e. The Morgan fingerprint density at radius 3 is 3.14 bits per heavy atom. The molecule has 0 aromatic rings. The summed E-state index contributed by atoms with van der Waals surface area (Å²) >= 11 is 1.39. The molecule has 0 amide bonds. The van der Waals surface area contributed by atoms with Crippen molar-refractivity contribution in [3.05, 3.63) is 0 Å². The molecule has 0 bridgehead atoms. The van der Waals surface area contributed by atoms with E-state index in [1.807, 2.05) is 6.26 Å². The highest BCUT2D eigenvalue weighted by molar-refractivity contribution is 7.93. The van der Waals surface area contributed by atoms with Crippen LogP contribution in [0.1, 0.15) is 0 Å². The van der Waals surface area contributed by atoms with Gasteiger partial charge < -0.3 is 8.92 Å². The van der Waals surface area contributed by atoms with Gasteiger partial charge in [-0.2, -0.15) is 0 Å². The molecule has 1 aliphatic rings. The summed E-state index contributed by atoms with van der Waals surface area (Å²) in [5, 5.41) is 0. The van der Waals surface area contributed by atoms with Crippen LogP contribution in [0.4, 0.5) is 0 Å². The van der Waals surface area contributed by atoms with Gasteiger partial charge in [-0.1, -0.05) is 0 Å². The summed E-state index contributed by atoms with van der Waals surface area (Å²) in [7, 11) is 0. The van der Waals surface area contributed by atoms with Crippen LogP contribution in [0.15, 0.2) is 0 Å². The smallest absolute Gasteiger partial charge is 0.105 e. The molecule has 0 aromatic heterocycles. The second-order valence-electron chi connectivity index (χ2n) is 1.41. The van der Waals surface area contributed by atoms with Crippen molar-refractivity contribution in [1.82, 2.24) is 0 Å². The van der Waals surface area contributed by atoms with Crippen molar-refractivity contribution in [3.8, 4) is 0 Å². The van der Waals surface area contributed by atoms with Crippen LogP contribution in [0.5, 0.6) is 0 Å². The van der Waals surface area contributed by atoms with E-state index in [-0.39, 0.29) is 0 Å². The van der Waals surface area contributed by atoms with Gasteiger partial charge in [0.15, 0.2) is 0 Å². The van der Waals surface area contributed by atoms with Crippen LogP contribution in [0.3, 0.4) is 0 Å². The highest BCUT2D eigenvalue weighted by Gasteiger charge is 2.21. The molecule has 1 aliphatic heterocycles. The minimum absolute atomic E-state index is 0.410. The second-order valence-corrected chi connectivity index (χ2v) is 1.98. The zero-order chi connectivity index (χ0) is 5.11. The minimum atomic E-state index is 0.410. The van der Waals surface area contributed by atoms with Crippen molar-refractivity contribution in [2.75, 3.05) is 19.5 Å². The lowest BCUT2D eigenvalue weighted by Crippen LogP contribution is -1.93. The Morgan fingerprint density at radius 2 is 2.71 bits per heavy atom. The van der Waals surface area contributed by atoms with Crippen molar-refractivity contribution >= 4 is 12.0 Å². The number of hydrogen-bond donors (Lipinski definition) is 0. The van der Waals surface area contributed by atoms with Crippen molar-refractivity contribution in [1.29, 1.82) is 0 Å². The molecule has 7 heavy (non-hydrogen) atoms. The highest BCUT2D eigenvalue weighted by Crippen LogP contribution is 2.10. The molecule has 2 nitrogen and oxygen atoms in total. The first-order valence-electron chi connectivity index (χ1n) is 2.20. The molecule has 1 atom stereocenters. The van der Waals surface area contributed by atoms with E-state index in [1.54, 1.807) is 0 Å². The summed E-state index contributed by atoms with van der Waals surface area (Å²) in [4.78, 5) is 0. The van der Waals surface area contributed by atoms with Crippen LogP contribution in [0.25, 0.3) is 0 Å². The molecule has 1 unspecified atom stereocenters. The first-order chi connectivity index (χ1) is 3.43. The van der Waals surface area contributed by atoms with Gasteiger partial charge in [-0.15, -0.1) is 0 Å². The van der Waals surface area contributed by atoms with Gasteiger partial charge in [0.1, 0.15) is 6.10 Å². The molecule has 0 spiro atoms. The Bertz CT molecular complexity index is 53.7. The fourth-order valence-electron chi connectivity index (χ4n) is 0.308. The summed E-state index contributed by atoms with van der Waals surface area (Å²) in [6.45, 7) is 1.64. The third-order valence-electron chi connectivity index (χ3n) is 0.774. The maximum Gasteiger partial charge on any atom is 0.105 e. The zero-order valence-corrected chi connectivity index (χ0v) is 5.03. The number of epoxide rings is 1. The monoisotopic (exact) mass is 120 g/mol. The van der Waals surface area contributed by atoms with Crippen LogP contribution in [0, 0.1) is 0 Å². The molecular weight excluding hydrogens is 112 g/mol. The van der Waals surface area contributed by atoms with Gasteiger partial charge in [-0.25, -0.2) is 0 Å². The van der Waals surface area contributed by atoms with Crippen molar-refractivity contribution in [2.24, 2.45) is 0 Å². The lowest BCUT2D eigenvalue weighted by molar-refractivity contribution is 0.296. The normalized spacial score (nSPS) is 27.9. The Hall–Kier alpha value is 0.270. The first-order valence-corrected chi connectivity index (χ1v) is 3.35. The van der Waals surface area contributed by atoms with Crippen LogP contribution in [-0.4, -0.2) is 25.6 Å². The van der Waals surface area contributed by atoms with Crippen LogP contribution in [-0.2, 0) is 8.92 Å². The van der Waals surface area contributed by atoms with Gasteiger partial charge in [0.2, 0.25) is 0 Å². The van der Waals surface area contributed by atoms with Gasteiger partial charge in [0, 0.05) is 6.26 Å². The minimum Gasteiger partial charge on any atom is -0.371 e. The average Bonchev–Trinajstić information content (AvgIpc) is 2.42. The Balaban J connectivity index is 1.80. The molecule has 1 fully saturated rings. The van der Waals surface area contributed by atoms with Gasteiger partial charge in [0.05, 0.1) is 13.2 Å². The fourth-order valence-corrected chi connectivity index (χ4v) is 0.596. The van der Waals surface area contributed by atoms with Crippen LogP contribution in [0.2, 0.25) is 0 Å². The quantitative estimate of drug-likeness (QED) is 0.404. The standard InChI is InChI=1S/C4H8O2S/c1-7-6-3-4-2-5-4/h4H,2-3H2,1H3. The summed E-state index contributed by atoms with van der Waals surface area (Å²) in [6.07, 6.45) is 2.31. The lowest BCUT2D eigenvalue weighted by Gasteiger charge is -1.89. The van der Waals surface area contributed by atoms with E-state index in [0.29, 0.717) is 6.10 Å². The van der Waals surface area contributed by atoms with E-state index >= 15 is 0 Å². The lowest BCUT2D eigenvalue weighted by atomic mass is 10.5. The van der Waals surface area contributed by atoms with E-state index in [1.165, 1.54) is 12.0 Å². The van der Waals surface area contributed by atoms with E-state index in [9.17, 15) is 0 Å². The van der Waals surface area contributed by atoms with Crippen LogP contribution >= 0.6 is 12.0 Å². The SMILES string of the molecule is CSOCC1CO1. The molecule has 0 radical (unpaired) electrons. The summed E-state index contributed by atoms with van der Waals surface area (Å²) in [6, 6.07) is 0. The predicted molar refractivity (Wildman–Crippen MR) is 29.2 cm³/mol. The first kappa shape index (κ1) is 5.41. The van der Waals surface area contributed by atoms with Crippen molar-refractivity contribution in [2.45, 2.75) is 6.10 Å². The maximum absolute atomic E-state index is 4.95. The van der Waals surface area contributed by atoms with Crippen LogP contribution < -0.4 is 0 Å². The van der Waals surface area contributed by atoms with Gasteiger partial charge >= 0.3 is 0 Å². The number of rotatable bonds is 3. The zero-order valence-electron chi connectivity index (χ0n) is 4.22. The van der Waals surface area contributed by atoms with Crippen molar-refractivity contribution in [3.63, 3.8) is 0 Å². The van der Waals surface area contributed by atoms with Gasteiger partial charge in [0.25, 0.3) is 0 Å². The molecule has 3 heteroatoms. The van der Waals surface area contributed by atoms with Crippen molar-refractivity contribution < 1.29 is 8.92 Å². The molecule has 0 aliphatic carbocycles. The molecular formula is C4H8O2S. The van der Waals surface area contributed by atoms with E-state index in [0.717, 1.165) is 13.2 Å². The molecule has 0 saturated carbocycles. The third-order valence-corrected chi connectivity index (χ3v) is 1.15. The Labute approximate surface area is 47.4 Å². The molecule has 1 rings (SSSR count). The van der Waals surface area contributed by atoms with E-state index < -0.39 is 0 Å². The Kier molecular flexibility index (Phi) is 1.97. The second kappa shape index (κ2) is 2.55. The molecule has 1 saturated heterocycles. The molecule has 42 valence electrons. The fraction of sp³-hybridized carbons (Fsp3) is 1.00. The molecule has 1 heterocycles. The van der Waals surface area contributed by atoms with Gasteiger partial charge in [-0.3, -0.25) is 0 Å². The van der Waals surface area contributed by atoms with E-state index in [4.69, 9.17) is 8.92 Å². The number of ether oxygens (including phenoxy) is 1. The topological polar surface area (TPSA) is 21.8 Å². The summed E-state index contributed by atoms with van der Waals surface area (Å²) in [5.74, 6) is 0. The summed E-state index contributed by atoms with van der Waals surface area (Å²) in [5.41, 5.74) is 0. The predicted octanol–water partition coefficient (Wildman–Crippen LogP) is 0.680. The third kappa shape index (κ3) is 2.16. The highest BCUT2D eigenvalue weighted by atomic mass is 32.2. The number of hydrogen-bond acceptors (Lipinski definition) is 3. The Morgan fingerprint density at radius 1 is 2.00 bits per heavy atom. The summed E-state index contributed by atoms with van der Waals surface area (Å²) < 4.78 is 9.82.